The summed E-state index contributed by atoms with van der Waals surface area (Å²) in [5.74, 6) is -0.610. The van der Waals surface area contributed by atoms with E-state index in [1.807, 2.05) is 19.4 Å². The van der Waals surface area contributed by atoms with Crippen LogP contribution < -0.4 is 22.7 Å². The zero-order chi connectivity index (χ0) is 16.3. The molecule has 2 aromatic rings. The van der Waals surface area contributed by atoms with Gasteiger partial charge in [-0.1, -0.05) is 11.3 Å². The fourth-order valence-electron chi connectivity index (χ4n) is 1.87. The number of aromatic nitrogens is 2. The molecule has 6 nitrogen and oxygen atoms in total. The number of thiazole rings is 2. The molecule has 9 heteroatoms. The van der Waals surface area contributed by atoms with Gasteiger partial charge in [-0.15, -0.1) is 11.3 Å². The first-order valence-corrected chi connectivity index (χ1v) is 8.55. The smallest absolute Gasteiger partial charge is 0.311 e. The van der Waals surface area contributed by atoms with Crippen LogP contribution in [0.5, 0.6) is 0 Å². The minimum Gasteiger partial charge on any atom is -1.00 e. The Morgan fingerprint density at radius 1 is 1.39 bits per heavy atom. The summed E-state index contributed by atoms with van der Waals surface area (Å²) in [4.78, 5) is 29.2. The van der Waals surface area contributed by atoms with E-state index in [-0.39, 0.29) is 30.6 Å². The number of hydrogen-bond donors (Lipinski definition) is 1. The van der Waals surface area contributed by atoms with Crippen molar-refractivity contribution in [2.75, 3.05) is 6.61 Å². The fraction of sp³-hybridized carbons (Fsp3) is 0.429. The van der Waals surface area contributed by atoms with E-state index >= 15 is 0 Å². The molecule has 126 valence electrons. The van der Waals surface area contributed by atoms with Crippen molar-refractivity contribution < 1.29 is 31.3 Å². The molecule has 0 saturated carbocycles. The number of esters is 1. The maximum atomic E-state index is 12.4. The van der Waals surface area contributed by atoms with Crippen molar-refractivity contribution in [1.82, 2.24) is 4.98 Å². The Balaban J connectivity index is 0.00000264. The number of carbonyl (C=O) groups is 2. The number of ether oxygens (including phenoxy) is 1. The Morgan fingerprint density at radius 3 is 2.65 bits per heavy atom. The SMILES string of the molecule is CCOC(=O)Cc1csc(C(=O)C(N)[n+]2csc(C)c2C)n1.[Cl-]. The molecule has 0 bridgehead atoms. The summed E-state index contributed by atoms with van der Waals surface area (Å²) in [5, 5.41) is 2.00. The largest absolute Gasteiger partial charge is 1.00 e. The molecule has 0 aliphatic heterocycles. The Hall–Kier alpha value is -1.35. The molecule has 0 fully saturated rings. The average Bonchev–Trinajstić information content (AvgIpc) is 3.06. The number of Topliss-reactive ketones (excluding diaryl/α,β-unsaturated/α-hetero) is 1. The van der Waals surface area contributed by atoms with Gasteiger partial charge in [0.15, 0.2) is 10.7 Å². The standard InChI is InChI=1S/C14H18N3O3S2.ClH/c1-4-20-11(18)5-10-6-21-14(16-10)12(19)13(15)17-7-22-9(3)8(17)2;/h6-7,13H,4-5,15H2,1-3H3;1H/q+1;/p-1. The molecule has 23 heavy (non-hydrogen) atoms. The van der Waals surface area contributed by atoms with E-state index in [0.717, 1.165) is 10.6 Å². The summed E-state index contributed by atoms with van der Waals surface area (Å²) in [7, 11) is 0. The third kappa shape index (κ3) is 4.57. The van der Waals surface area contributed by atoms with Gasteiger partial charge in [0.25, 0.3) is 11.9 Å². The summed E-state index contributed by atoms with van der Waals surface area (Å²) in [5.41, 5.74) is 9.37. The lowest BCUT2D eigenvalue weighted by Gasteiger charge is -2.03. The number of rotatable bonds is 6. The number of nitrogens with two attached hydrogens (primary N) is 1. The van der Waals surface area contributed by atoms with Gasteiger partial charge in [0.2, 0.25) is 5.51 Å². The monoisotopic (exact) mass is 375 g/mol. The van der Waals surface area contributed by atoms with Gasteiger partial charge < -0.3 is 17.1 Å². The van der Waals surface area contributed by atoms with Crippen LogP contribution >= 0.6 is 22.7 Å². The maximum absolute atomic E-state index is 12.4. The Bertz CT molecular complexity index is 699. The van der Waals surface area contributed by atoms with Crippen LogP contribution in [0.4, 0.5) is 0 Å². The highest BCUT2D eigenvalue weighted by molar-refractivity contribution is 7.11. The van der Waals surface area contributed by atoms with Gasteiger partial charge in [-0.3, -0.25) is 15.3 Å². The van der Waals surface area contributed by atoms with E-state index in [4.69, 9.17) is 10.5 Å². The molecule has 2 heterocycles. The molecule has 2 rings (SSSR count). The number of aryl methyl sites for hydroxylation is 1. The number of hydrogen-bond acceptors (Lipinski definition) is 7. The van der Waals surface area contributed by atoms with Crippen molar-refractivity contribution in [1.29, 1.82) is 0 Å². The molecule has 0 amide bonds. The molecule has 0 saturated heterocycles. The summed E-state index contributed by atoms with van der Waals surface area (Å²) in [6, 6.07) is 0. The fourth-order valence-corrected chi connectivity index (χ4v) is 3.50. The number of halogens is 1. The molecule has 0 aliphatic rings. The van der Waals surface area contributed by atoms with Crippen molar-refractivity contribution >= 4 is 34.4 Å². The topological polar surface area (TPSA) is 86.2 Å². The Kier molecular flexibility index (Phi) is 7.27. The normalized spacial score (nSPS) is 11.7. The van der Waals surface area contributed by atoms with Crippen molar-refractivity contribution in [2.45, 2.75) is 33.4 Å². The number of nitrogens with zero attached hydrogens (tertiary/aromatic N) is 2. The average molecular weight is 376 g/mol. The van der Waals surface area contributed by atoms with Crippen LogP contribution in [0, 0.1) is 13.8 Å². The van der Waals surface area contributed by atoms with Gasteiger partial charge in [-0.05, 0) is 13.8 Å². The number of ketones is 1. The van der Waals surface area contributed by atoms with E-state index in [1.165, 1.54) is 11.3 Å². The van der Waals surface area contributed by atoms with Crippen molar-refractivity contribution in [3.63, 3.8) is 0 Å². The molecule has 0 aromatic carbocycles. The lowest BCUT2D eigenvalue weighted by molar-refractivity contribution is -0.708. The second kappa shape index (κ2) is 8.49. The predicted octanol–water partition coefficient (Wildman–Crippen LogP) is -1.44. The molecule has 0 spiro atoms. The van der Waals surface area contributed by atoms with Gasteiger partial charge in [-0.2, -0.15) is 4.57 Å². The van der Waals surface area contributed by atoms with Crippen molar-refractivity contribution in [2.24, 2.45) is 5.73 Å². The van der Waals surface area contributed by atoms with Gasteiger partial charge in [0.05, 0.1) is 23.6 Å². The van der Waals surface area contributed by atoms with E-state index < -0.39 is 6.17 Å². The summed E-state index contributed by atoms with van der Waals surface area (Å²) in [6.07, 6.45) is -0.733. The maximum Gasteiger partial charge on any atom is 0.311 e. The van der Waals surface area contributed by atoms with E-state index in [0.29, 0.717) is 17.3 Å². The Labute approximate surface area is 148 Å². The molecular formula is C14H18ClN3O3S2. The van der Waals surface area contributed by atoms with Crippen LogP contribution in [0.2, 0.25) is 0 Å². The molecule has 2 aromatic heterocycles. The van der Waals surface area contributed by atoms with Crippen LogP contribution in [-0.4, -0.2) is 23.3 Å². The first-order valence-electron chi connectivity index (χ1n) is 6.79. The van der Waals surface area contributed by atoms with Gasteiger partial charge >= 0.3 is 5.97 Å². The highest BCUT2D eigenvalue weighted by atomic mass is 35.5. The highest BCUT2D eigenvalue weighted by Crippen LogP contribution is 2.16. The van der Waals surface area contributed by atoms with E-state index in [9.17, 15) is 9.59 Å². The predicted molar refractivity (Wildman–Crippen MR) is 84.0 cm³/mol. The molecule has 0 aliphatic carbocycles. The second-order valence-corrected chi connectivity index (χ2v) is 6.62. The quantitative estimate of drug-likeness (QED) is 0.379. The van der Waals surface area contributed by atoms with Crippen molar-refractivity contribution in [3.05, 3.63) is 32.2 Å². The second-order valence-electron chi connectivity index (χ2n) is 4.71. The molecule has 0 radical (unpaired) electrons. The molecule has 2 N–H and O–H groups in total. The van der Waals surface area contributed by atoms with Crippen LogP contribution in [0.15, 0.2) is 10.9 Å². The summed E-state index contributed by atoms with van der Waals surface area (Å²) in [6.45, 7) is 5.98. The Morgan fingerprint density at radius 2 is 2.09 bits per heavy atom. The van der Waals surface area contributed by atoms with Crippen LogP contribution in [0.1, 0.15) is 39.2 Å². The van der Waals surface area contributed by atoms with Crippen LogP contribution in [-0.2, 0) is 16.0 Å². The van der Waals surface area contributed by atoms with Crippen LogP contribution in [0.3, 0.4) is 0 Å². The minimum absolute atomic E-state index is 0. The van der Waals surface area contributed by atoms with Gasteiger partial charge in [0, 0.05) is 12.3 Å². The van der Waals surface area contributed by atoms with E-state index in [2.05, 4.69) is 4.98 Å². The first-order chi connectivity index (χ1) is 10.4. The third-order valence-corrected chi connectivity index (χ3v) is 5.09. The first kappa shape index (κ1) is 19.7. The third-order valence-electron chi connectivity index (χ3n) is 3.20. The zero-order valence-electron chi connectivity index (χ0n) is 13.0. The van der Waals surface area contributed by atoms with E-state index in [1.54, 1.807) is 28.2 Å². The summed E-state index contributed by atoms with van der Waals surface area (Å²) >= 11 is 2.74. The molecule has 1 unspecified atom stereocenters. The highest BCUT2D eigenvalue weighted by Gasteiger charge is 2.30. The van der Waals surface area contributed by atoms with Crippen LogP contribution in [0.25, 0.3) is 0 Å². The molecule has 1 atom stereocenters. The minimum atomic E-state index is -0.799. The molecular weight excluding hydrogens is 358 g/mol. The lowest BCUT2D eigenvalue weighted by Crippen LogP contribution is -3.00. The van der Waals surface area contributed by atoms with Gasteiger partial charge in [-0.25, -0.2) is 4.98 Å². The summed E-state index contributed by atoms with van der Waals surface area (Å²) < 4.78 is 6.61. The number of carbonyl (C=O) groups excluding carboxylic acids is 2. The van der Waals surface area contributed by atoms with Gasteiger partial charge in [0.1, 0.15) is 0 Å². The lowest BCUT2D eigenvalue weighted by atomic mass is 10.3. The van der Waals surface area contributed by atoms with Crippen molar-refractivity contribution in [3.8, 4) is 0 Å². The zero-order valence-corrected chi connectivity index (χ0v) is 15.4.